The van der Waals surface area contributed by atoms with Crippen LogP contribution in [0.5, 0.6) is 0 Å². The van der Waals surface area contributed by atoms with E-state index in [9.17, 15) is 8.42 Å². The number of nitrogens with two attached hydrogens (primary N) is 1. The zero-order valence-corrected chi connectivity index (χ0v) is 12.4. The molecule has 2 N–H and O–H groups in total. The molecule has 0 saturated carbocycles. The second-order valence-electron chi connectivity index (χ2n) is 5.83. The molecular formula is C14H23NO2S. The quantitative estimate of drug-likeness (QED) is 0.888. The Labute approximate surface area is 110 Å². The fourth-order valence-electron chi connectivity index (χ4n) is 2.20. The predicted molar refractivity (Wildman–Crippen MR) is 76.5 cm³/mol. The van der Waals surface area contributed by atoms with Crippen molar-refractivity contribution in [2.45, 2.75) is 38.6 Å². The number of rotatable bonds is 5. The van der Waals surface area contributed by atoms with Crippen molar-refractivity contribution in [3.05, 3.63) is 35.4 Å². The van der Waals surface area contributed by atoms with E-state index in [0.717, 1.165) is 12.0 Å². The largest absolute Gasteiger partial charge is 0.328 e. The first-order valence-electron chi connectivity index (χ1n) is 6.13. The van der Waals surface area contributed by atoms with E-state index in [1.165, 1.54) is 11.8 Å². The van der Waals surface area contributed by atoms with E-state index >= 15 is 0 Å². The minimum absolute atomic E-state index is 0.139. The van der Waals surface area contributed by atoms with Crippen LogP contribution < -0.4 is 5.73 Å². The van der Waals surface area contributed by atoms with Crippen molar-refractivity contribution < 1.29 is 8.42 Å². The molecule has 3 nitrogen and oxygen atoms in total. The molecule has 1 aromatic rings. The lowest BCUT2D eigenvalue weighted by atomic mass is 9.86. The average molecular weight is 269 g/mol. The van der Waals surface area contributed by atoms with Crippen LogP contribution in [0.2, 0.25) is 0 Å². The van der Waals surface area contributed by atoms with Crippen LogP contribution >= 0.6 is 0 Å². The Hall–Kier alpha value is -0.870. The van der Waals surface area contributed by atoms with E-state index in [0.29, 0.717) is 0 Å². The summed E-state index contributed by atoms with van der Waals surface area (Å²) >= 11 is 0. The minimum Gasteiger partial charge on any atom is -0.328 e. The van der Waals surface area contributed by atoms with Crippen molar-refractivity contribution in [1.29, 1.82) is 0 Å². The number of hydrogen-bond donors (Lipinski definition) is 1. The van der Waals surface area contributed by atoms with E-state index in [1.807, 2.05) is 45.0 Å². The van der Waals surface area contributed by atoms with Gasteiger partial charge in [-0.15, -0.1) is 0 Å². The van der Waals surface area contributed by atoms with Crippen LogP contribution in [0.25, 0.3) is 0 Å². The fraction of sp³-hybridized carbons (Fsp3) is 0.571. The molecule has 102 valence electrons. The van der Waals surface area contributed by atoms with Crippen LogP contribution in [0.4, 0.5) is 0 Å². The third-order valence-electron chi connectivity index (χ3n) is 2.92. The van der Waals surface area contributed by atoms with Crippen LogP contribution in [0.15, 0.2) is 24.3 Å². The molecule has 0 aliphatic rings. The maximum Gasteiger partial charge on any atom is 0.148 e. The zero-order chi connectivity index (χ0) is 14.0. The van der Waals surface area contributed by atoms with Gasteiger partial charge in [-0.3, -0.25) is 0 Å². The molecule has 0 heterocycles. The third kappa shape index (κ3) is 4.78. The molecular weight excluding hydrogens is 246 g/mol. The van der Waals surface area contributed by atoms with Crippen LogP contribution in [0.1, 0.15) is 31.9 Å². The maximum atomic E-state index is 11.4. The van der Waals surface area contributed by atoms with Crippen molar-refractivity contribution in [3.8, 4) is 0 Å². The number of sulfone groups is 1. The van der Waals surface area contributed by atoms with Gasteiger partial charge < -0.3 is 5.73 Å². The van der Waals surface area contributed by atoms with Gasteiger partial charge in [0.1, 0.15) is 9.84 Å². The monoisotopic (exact) mass is 269 g/mol. The molecule has 0 radical (unpaired) electrons. The molecule has 0 aromatic heterocycles. The van der Waals surface area contributed by atoms with Gasteiger partial charge in [0.25, 0.3) is 0 Å². The molecule has 1 rings (SSSR count). The average Bonchev–Trinajstić information content (AvgIpc) is 2.13. The van der Waals surface area contributed by atoms with Crippen molar-refractivity contribution >= 4 is 9.84 Å². The first-order valence-corrected chi connectivity index (χ1v) is 8.19. The fourth-order valence-corrected chi connectivity index (χ4v) is 3.68. The van der Waals surface area contributed by atoms with E-state index in [1.54, 1.807) is 0 Å². The molecule has 0 saturated heterocycles. The number of benzene rings is 1. The maximum absolute atomic E-state index is 11.4. The van der Waals surface area contributed by atoms with Gasteiger partial charge in [0, 0.05) is 17.7 Å². The van der Waals surface area contributed by atoms with E-state index in [2.05, 4.69) is 0 Å². The Morgan fingerprint density at radius 3 is 2.11 bits per heavy atom. The smallest absolute Gasteiger partial charge is 0.148 e. The van der Waals surface area contributed by atoms with Gasteiger partial charge in [-0.25, -0.2) is 8.42 Å². The Balaban J connectivity index is 2.90. The second kappa shape index (κ2) is 5.41. The van der Waals surface area contributed by atoms with E-state index in [-0.39, 0.29) is 17.2 Å². The molecule has 0 fully saturated rings. The standard InChI is InChI=1S/C14H23NO2S/c1-11(15)9-12-5-7-13(8-6-12)14(2,3)10-18(4,16)17/h5-8,11H,9-10,15H2,1-4H3. The first kappa shape index (κ1) is 15.2. The van der Waals surface area contributed by atoms with Gasteiger partial charge in [0.15, 0.2) is 0 Å². The Morgan fingerprint density at radius 1 is 1.22 bits per heavy atom. The lowest BCUT2D eigenvalue weighted by Crippen LogP contribution is -2.27. The Morgan fingerprint density at radius 2 is 1.72 bits per heavy atom. The van der Waals surface area contributed by atoms with Gasteiger partial charge in [0.05, 0.1) is 5.75 Å². The van der Waals surface area contributed by atoms with Gasteiger partial charge in [-0.05, 0) is 24.5 Å². The summed E-state index contributed by atoms with van der Waals surface area (Å²) in [6.45, 7) is 5.88. The summed E-state index contributed by atoms with van der Waals surface area (Å²) in [4.78, 5) is 0. The Kier molecular flexibility index (Phi) is 4.56. The molecule has 0 amide bonds. The topological polar surface area (TPSA) is 60.2 Å². The minimum atomic E-state index is -2.98. The van der Waals surface area contributed by atoms with Crippen LogP contribution in [0, 0.1) is 0 Å². The molecule has 1 atom stereocenters. The highest BCUT2D eigenvalue weighted by Gasteiger charge is 2.25. The summed E-state index contributed by atoms with van der Waals surface area (Å²) in [6, 6.07) is 8.21. The normalized spacial score (nSPS) is 14.5. The molecule has 0 aliphatic heterocycles. The lowest BCUT2D eigenvalue weighted by molar-refractivity contribution is 0.552. The Bertz CT molecular complexity index is 487. The SMILES string of the molecule is CC(N)Cc1ccc(C(C)(C)CS(C)(=O)=O)cc1. The van der Waals surface area contributed by atoms with E-state index in [4.69, 9.17) is 5.73 Å². The van der Waals surface area contributed by atoms with Crippen molar-refractivity contribution in [3.63, 3.8) is 0 Å². The van der Waals surface area contributed by atoms with Gasteiger partial charge in [-0.1, -0.05) is 38.1 Å². The molecule has 0 spiro atoms. The summed E-state index contributed by atoms with van der Waals surface area (Å²) in [5.74, 6) is 0.159. The highest BCUT2D eigenvalue weighted by atomic mass is 32.2. The highest BCUT2D eigenvalue weighted by molar-refractivity contribution is 7.90. The predicted octanol–water partition coefficient (Wildman–Crippen LogP) is 1.90. The molecule has 0 aliphatic carbocycles. The molecule has 18 heavy (non-hydrogen) atoms. The van der Waals surface area contributed by atoms with Crippen molar-refractivity contribution in [2.24, 2.45) is 5.73 Å². The summed E-state index contributed by atoms with van der Waals surface area (Å²) in [5, 5.41) is 0. The summed E-state index contributed by atoms with van der Waals surface area (Å²) < 4.78 is 22.8. The second-order valence-corrected chi connectivity index (χ2v) is 7.97. The lowest BCUT2D eigenvalue weighted by Gasteiger charge is -2.24. The van der Waals surface area contributed by atoms with Crippen LogP contribution in [-0.4, -0.2) is 26.5 Å². The molecule has 4 heteroatoms. The summed E-state index contributed by atoms with van der Waals surface area (Å²) in [6.07, 6.45) is 2.12. The van der Waals surface area contributed by atoms with Crippen LogP contribution in [-0.2, 0) is 21.7 Å². The van der Waals surface area contributed by atoms with Crippen molar-refractivity contribution in [1.82, 2.24) is 0 Å². The molecule has 1 aromatic carbocycles. The third-order valence-corrected chi connectivity index (χ3v) is 4.16. The van der Waals surface area contributed by atoms with Gasteiger partial charge >= 0.3 is 0 Å². The molecule has 0 bridgehead atoms. The van der Waals surface area contributed by atoms with Crippen molar-refractivity contribution in [2.75, 3.05) is 12.0 Å². The summed E-state index contributed by atoms with van der Waals surface area (Å²) in [7, 11) is -2.98. The number of hydrogen-bond acceptors (Lipinski definition) is 3. The molecule has 1 unspecified atom stereocenters. The van der Waals surface area contributed by atoms with E-state index < -0.39 is 9.84 Å². The van der Waals surface area contributed by atoms with Gasteiger partial charge in [-0.2, -0.15) is 0 Å². The summed E-state index contributed by atoms with van der Waals surface area (Å²) in [5.41, 5.74) is 7.62. The van der Waals surface area contributed by atoms with Gasteiger partial charge in [0.2, 0.25) is 0 Å². The zero-order valence-electron chi connectivity index (χ0n) is 11.6. The first-order chi connectivity index (χ1) is 8.10. The highest BCUT2D eigenvalue weighted by Crippen LogP contribution is 2.25. The van der Waals surface area contributed by atoms with Crippen LogP contribution in [0.3, 0.4) is 0 Å².